The Balaban J connectivity index is 2.10. The van der Waals surface area contributed by atoms with Crippen molar-refractivity contribution in [2.75, 3.05) is 12.4 Å². The zero-order valence-electron chi connectivity index (χ0n) is 14.9. The number of methoxy groups -OCH3 is 1. The van der Waals surface area contributed by atoms with Crippen LogP contribution in [0.3, 0.4) is 0 Å². The van der Waals surface area contributed by atoms with E-state index < -0.39 is 16.5 Å². The van der Waals surface area contributed by atoms with Gasteiger partial charge in [-0.15, -0.1) is 0 Å². The van der Waals surface area contributed by atoms with E-state index in [1.54, 1.807) is 6.07 Å². The Morgan fingerprint density at radius 1 is 1.19 bits per heavy atom. The molecule has 138 valence electrons. The van der Waals surface area contributed by atoms with Crippen molar-refractivity contribution in [3.63, 3.8) is 0 Å². The first-order valence-electron chi connectivity index (χ1n) is 7.99. The zero-order valence-corrected chi connectivity index (χ0v) is 14.9. The largest absolute Gasteiger partial charge is 0.493 e. The molecule has 1 N–H and O–H groups in total. The van der Waals surface area contributed by atoms with Crippen LogP contribution in [0.1, 0.15) is 21.5 Å². The van der Waals surface area contributed by atoms with Gasteiger partial charge in [-0.05, 0) is 37.1 Å². The Morgan fingerprint density at radius 2 is 1.93 bits per heavy atom. The van der Waals surface area contributed by atoms with E-state index in [1.165, 1.54) is 19.2 Å². The zero-order chi connectivity index (χ0) is 19.7. The molecule has 0 fully saturated rings. The van der Waals surface area contributed by atoms with Crippen molar-refractivity contribution in [3.8, 4) is 5.75 Å². The van der Waals surface area contributed by atoms with Crippen molar-refractivity contribution in [2.45, 2.75) is 13.8 Å². The molecular weight excluding hydrogens is 352 g/mol. The Hall–Kier alpha value is -3.68. The molecule has 0 saturated heterocycles. The lowest BCUT2D eigenvalue weighted by Gasteiger charge is -2.10. The minimum absolute atomic E-state index is 0.0383. The average molecular weight is 368 g/mol. The lowest BCUT2D eigenvalue weighted by atomic mass is 10.1. The molecule has 0 bridgehead atoms. The van der Waals surface area contributed by atoms with E-state index in [9.17, 15) is 19.7 Å². The molecule has 0 atom stereocenters. The average Bonchev–Trinajstić information content (AvgIpc) is 2.63. The van der Waals surface area contributed by atoms with Gasteiger partial charge in [-0.3, -0.25) is 14.9 Å². The number of fused-ring (bicyclic) bond motifs is 1. The third-order valence-corrected chi connectivity index (χ3v) is 4.10. The maximum absolute atomic E-state index is 12.6. The third kappa shape index (κ3) is 3.50. The summed E-state index contributed by atoms with van der Waals surface area (Å²) >= 11 is 0. The first-order chi connectivity index (χ1) is 12.8. The van der Waals surface area contributed by atoms with Crippen LogP contribution in [-0.4, -0.2) is 17.9 Å². The summed E-state index contributed by atoms with van der Waals surface area (Å²) in [5.41, 5.74) is 1.02. The molecule has 3 rings (SSSR count). The summed E-state index contributed by atoms with van der Waals surface area (Å²) in [6.07, 6.45) is 0. The molecule has 0 unspecified atom stereocenters. The monoisotopic (exact) mass is 368 g/mol. The fourth-order valence-electron chi connectivity index (χ4n) is 2.66. The van der Waals surface area contributed by atoms with Crippen molar-refractivity contribution in [1.29, 1.82) is 0 Å². The normalized spacial score (nSPS) is 10.6. The number of benzene rings is 2. The van der Waals surface area contributed by atoms with Crippen LogP contribution in [0.15, 0.2) is 45.6 Å². The van der Waals surface area contributed by atoms with E-state index in [4.69, 9.17) is 9.15 Å². The van der Waals surface area contributed by atoms with Gasteiger partial charge in [-0.25, -0.2) is 4.79 Å². The fraction of sp³-hybridized carbons (Fsp3) is 0.158. The standard InChI is InChI=1S/C19H16N2O6/c1-10-4-5-11(2)15(6-10)20-18(22)14-8-12-7-13(21(24)25)9-16(26-3)17(12)27-19(14)23/h4-9H,1-3H3,(H,20,22). The Morgan fingerprint density at radius 3 is 2.59 bits per heavy atom. The van der Waals surface area contributed by atoms with Crippen LogP contribution in [0.25, 0.3) is 11.0 Å². The Labute approximate surface area is 153 Å². The molecule has 27 heavy (non-hydrogen) atoms. The molecule has 1 aromatic heterocycles. The highest BCUT2D eigenvalue weighted by atomic mass is 16.6. The number of ether oxygens (including phenoxy) is 1. The number of carbonyl (C=O) groups excluding carboxylic acids is 1. The number of anilines is 1. The molecule has 0 spiro atoms. The summed E-state index contributed by atoms with van der Waals surface area (Å²) in [6, 6.07) is 9.17. The maximum atomic E-state index is 12.6. The minimum atomic E-state index is -0.863. The van der Waals surface area contributed by atoms with Gasteiger partial charge in [0.25, 0.3) is 11.6 Å². The van der Waals surface area contributed by atoms with E-state index in [-0.39, 0.29) is 28.0 Å². The smallest absolute Gasteiger partial charge is 0.349 e. The molecule has 0 radical (unpaired) electrons. The van der Waals surface area contributed by atoms with Crippen LogP contribution >= 0.6 is 0 Å². The summed E-state index contributed by atoms with van der Waals surface area (Å²) in [4.78, 5) is 35.4. The van der Waals surface area contributed by atoms with E-state index in [0.29, 0.717) is 5.69 Å². The first kappa shape index (κ1) is 18.1. The second kappa shape index (κ2) is 6.91. The van der Waals surface area contributed by atoms with Crippen molar-refractivity contribution >= 4 is 28.3 Å². The van der Waals surface area contributed by atoms with Crippen LogP contribution in [-0.2, 0) is 0 Å². The van der Waals surface area contributed by atoms with E-state index in [2.05, 4.69) is 5.32 Å². The molecule has 1 amide bonds. The number of carbonyl (C=O) groups is 1. The first-order valence-corrected chi connectivity index (χ1v) is 7.99. The quantitative estimate of drug-likeness (QED) is 0.428. The lowest BCUT2D eigenvalue weighted by molar-refractivity contribution is -0.384. The third-order valence-electron chi connectivity index (χ3n) is 4.10. The highest BCUT2D eigenvalue weighted by Crippen LogP contribution is 2.30. The molecule has 1 heterocycles. The highest BCUT2D eigenvalue weighted by molar-refractivity contribution is 6.06. The number of nitro groups is 1. The van der Waals surface area contributed by atoms with E-state index in [0.717, 1.165) is 17.2 Å². The summed E-state index contributed by atoms with van der Waals surface area (Å²) < 4.78 is 10.3. The predicted molar refractivity (Wildman–Crippen MR) is 99.6 cm³/mol. The molecule has 2 aromatic carbocycles. The van der Waals surface area contributed by atoms with Gasteiger partial charge >= 0.3 is 5.63 Å². The SMILES string of the molecule is COc1cc([N+](=O)[O-])cc2cc(C(=O)Nc3cc(C)ccc3C)c(=O)oc12. The molecule has 0 aliphatic heterocycles. The molecular formula is C19H16N2O6. The van der Waals surface area contributed by atoms with Crippen molar-refractivity contribution < 1.29 is 18.9 Å². The van der Waals surface area contributed by atoms with Crippen molar-refractivity contribution in [3.05, 3.63) is 73.6 Å². The Bertz CT molecular complexity index is 1130. The molecule has 0 aliphatic rings. The van der Waals surface area contributed by atoms with Crippen LogP contribution in [0, 0.1) is 24.0 Å². The van der Waals surface area contributed by atoms with Gasteiger partial charge in [-0.1, -0.05) is 12.1 Å². The van der Waals surface area contributed by atoms with Crippen molar-refractivity contribution in [2.24, 2.45) is 0 Å². The summed E-state index contributed by atoms with van der Waals surface area (Å²) in [6.45, 7) is 3.71. The number of aryl methyl sites for hydroxylation is 2. The van der Waals surface area contributed by atoms with Crippen LogP contribution < -0.4 is 15.7 Å². The second-order valence-corrected chi connectivity index (χ2v) is 6.04. The van der Waals surface area contributed by atoms with E-state index in [1.807, 2.05) is 26.0 Å². The van der Waals surface area contributed by atoms with Gasteiger partial charge in [0, 0.05) is 17.1 Å². The summed E-state index contributed by atoms with van der Waals surface area (Å²) in [5, 5.41) is 14.0. The number of hydrogen-bond donors (Lipinski definition) is 1. The second-order valence-electron chi connectivity index (χ2n) is 6.04. The van der Waals surface area contributed by atoms with Crippen LogP contribution in [0.4, 0.5) is 11.4 Å². The van der Waals surface area contributed by atoms with Gasteiger partial charge in [0.05, 0.1) is 18.1 Å². The fourth-order valence-corrected chi connectivity index (χ4v) is 2.66. The molecule has 3 aromatic rings. The maximum Gasteiger partial charge on any atom is 0.349 e. The number of rotatable bonds is 4. The number of nitro benzene ring substituents is 1. The van der Waals surface area contributed by atoms with E-state index >= 15 is 0 Å². The molecule has 0 saturated carbocycles. The van der Waals surface area contributed by atoms with Crippen molar-refractivity contribution in [1.82, 2.24) is 0 Å². The lowest BCUT2D eigenvalue weighted by Crippen LogP contribution is -2.21. The summed E-state index contributed by atoms with van der Waals surface area (Å²) in [5.74, 6) is -0.623. The topological polar surface area (TPSA) is 112 Å². The number of non-ortho nitro benzene ring substituents is 1. The summed E-state index contributed by atoms with van der Waals surface area (Å²) in [7, 11) is 1.31. The highest BCUT2D eigenvalue weighted by Gasteiger charge is 2.19. The molecule has 8 nitrogen and oxygen atoms in total. The van der Waals surface area contributed by atoms with Gasteiger partial charge in [0.15, 0.2) is 11.3 Å². The van der Waals surface area contributed by atoms with Crippen LogP contribution in [0.2, 0.25) is 0 Å². The number of nitrogens with zero attached hydrogens (tertiary/aromatic N) is 1. The minimum Gasteiger partial charge on any atom is -0.493 e. The number of nitrogens with one attached hydrogen (secondary N) is 1. The molecule has 8 heteroatoms. The Kier molecular flexibility index (Phi) is 4.64. The van der Waals surface area contributed by atoms with Gasteiger partial charge in [0.2, 0.25) is 0 Å². The van der Waals surface area contributed by atoms with Gasteiger partial charge in [-0.2, -0.15) is 0 Å². The number of amides is 1. The van der Waals surface area contributed by atoms with Gasteiger partial charge in [0.1, 0.15) is 5.56 Å². The number of hydrogen-bond acceptors (Lipinski definition) is 6. The predicted octanol–water partition coefficient (Wildman–Crippen LogP) is 3.58. The van der Waals surface area contributed by atoms with Gasteiger partial charge < -0.3 is 14.5 Å². The van der Waals surface area contributed by atoms with Crippen LogP contribution in [0.5, 0.6) is 5.75 Å². The molecule has 0 aliphatic carbocycles.